The van der Waals surface area contributed by atoms with Crippen LogP contribution in [0.1, 0.15) is 27.0 Å². The van der Waals surface area contributed by atoms with E-state index in [4.69, 9.17) is 0 Å². The second-order valence-electron chi connectivity index (χ2n) is 4.04. The molecule has 1 heterocycles. The highest BCUT2D eigenvalue weighted by Gasteiger charge is 2.12. The zero-order valence-electron chi connectivity index (χ0n) is 9.70. The first-order valence-corrected chi connectivity index (χ1v) is 5.30. The van der Waals surface area contributed by atoms with Crippen LogP contribution in [0.5, 0.6) is 0 Å². The monoisotopic (exact) mass is 229 g/mol. The summed E-state index contributed by atoms with van der Waals surface area (Å²) < 4.78 is 13.0. The maximum atomic E-state index is 13.0. The van der Waals surface area contributed by atoms with Crippen LogP contribution in [0.2, 0.25) is 0 Å². The van der Waals surface area contributed by atoms with Crippen LogP contribution in [0.25, 0.3) is 0 Å². The van der Waals surface area contributed by atoms with E-state index in [1.807, 2.05) is 6.92 Å². The fraction of sp³-hybridized carbons (Fsp3) is 0.143. The van der Waals surface area contributed by atoms with E-state index in [-0.39, 0.29) is 11.6 Å². The van der Waals surface area contributed by atoms with Crippen molar-refractivity contribution in [3.63, 3.8) is 0 Å². The van der Waals surface area contributed by atoms with E-state index in [1.165, 1.54) is 24.4 Å². The Labute approximate surface area is 99.1 Å². The van der Waals surface area contributed by atoms with Gasteiger partial charge in [0.1, 0.15) is 5.82 Å². The van der Waals surface area contributed by atoms with Crippen molar-refractivity contribution in [2.24, 2.45) is 0 Å². The summed E-state index contributed by atoms with van der Waals surface area (Å²) in [5, 5.41) is 0. The Morgan fingerprint density at radius 3 is 2.59 bits per heavy atom. The molecule has 0 atom stereocenters. The van der Waals surface area contributed by atoms with Crippen molar-refractivity contribution < 1.29 is 9.18 Å². The predicted molar refractivity (Wildman–Crippen MR) is 63.5 cm³/mol. The Morgan fingerprint density at radius 1 is 1.18 bits per heavy atom. The highest BCUT2D eigenvalue weighted by molar-refractivity contribution is 6.09. The minimum atomic E-state index is -0.332. The summed E-state index contributed by atoms with van der Waals surface area (Å²) in [6, 6.07) is 5.94. The molecular weight excluding hydrogens is 217 g/mol. The summed E-state index contributed by atoms with van der Waals surface area (Å²) in [5.41, 5.74) is 2.60. The van der Waals surface area contributed by atoms with Crippen LogP contribution >= 0.6 is 0 Å². The molecule has 1 aromatic heterocycles. The first kappa shape index (κ1) is 11.5. The van der Waals surface area contributed by atoms with Crippen LogP contribution in [0, 0.1) is 19.7 Å². The third-order valence-electron chi connectivity index (χ3n) is 2.57. The molecule has 0 N–H and O–H groups in total. The quantitative estimate of drug-likeness (QED) is 0.741. The van der Waals surface area contributed by atoms with Gasteiger partial charge in [0.15, 0.2) is 5.78 Å². The number of aromatic nitrogens is 1. The van der Waals surface area contributed by atoms with Gasteiger partial charge in [-0.05, 0) is 49.2 Å². The van der Waals surface area contributed by atoms with E-state index in [9.17, 15) is 9.18 Å². The molecule has 17 heavy (non-hydrogen) atoms. The van der Waals surface area contributed by atoms with Crippen molar-refractivity contribution in [3.05, 3.63) is 64.7 Å². The lowest BCUT2D eigenvalue weighted by Crippen LogP contribution is -2.04. The van der Waals surface area contributed by atoms with Crippen molar-refractivity contribution >= 4 is 5.78 Å². The maximum absolute atomic E-state index is 13.0. The second-order valence-corrected chi connectivity index (χ2v) is 4.04. The van der Waals surface area contributed by atoms with Gasteiger partial charge in [0.05, 0.1) is 0 Å². The Morgan fingerprint density at radius 2 is 1.94 bits per heavy atom. The predicted octanol–water partition coefficient (Wildman–Crippen LogP) is 3.07. The topological polar surface area (TPSA) is 30.0 Å². The number of ketones is 1. The number of hydrogen-bond donors (Lipinski definition) is 0. The van der Waals surface area contributed by atoms with E-state index in [1.54, 1.807) is 19.2 Å². The SMILES string of the molecule is Cc1cncc(C(=O)c2ccc(F)cc2C)c1. The molecule has 0 unspecified atom stereocenters. The smallest absolute Gasteiger partial charge is 0.194 e. The number of hydrogen-bond acceptors (Lipinski definition) is 2. The highest BCUT2D eigenvalue weighted by atomic mass is 19.1. The van der Waals surface area contributed by atoms with Crippen LogP contribution in [-0.4, -0.2) is 10.8 Å². The summed E-state index contributed by atoms with van der Waals surface area (Å²) in [6.45, 7) is 3.60. The van der Waals surface area contributed by atoms with Gasteiger partial charge in [-0.2, -0.15) is 0 Å². The van der Waals surface area contributed by atoms with Crippen LogP contribution in [-0.2, 0) is 0 Å². The van der Waals surface area contributed by atoms with Gasteiger partial charge in [0.25, 0.3) is 0 Å². The molecule has 86 valence electrons. The zero-order chi connectivity index (χ0) is 12.4. The van der Waals surface area contributed by atoms with Gasteiger partial charge in [0.2, 0.25) is 0 Å². The maximum Gasteiger partial charge on any atom is 0.194 e. The standard InChI is InChI=1S/C14H12FNO/c1-9-5-11(8-16-7-9)14(17)13-4-3-12(15)6-10(13)2/h3-8H,1-2H3. The molecule has 0 aliphatic carbocycles. The van der Waals surface area contributed by atoms with Crippen molar-refractivity contribution in [2.45, 2.75) is 13.8 Å². The highest BCUT2D eigenvalue weighted by Crippen LogP contribution is 2.15. The lowest BCUT2D eigenvalue weighted by atomic mass is 9.99. The van der Waals surface area contributed by atoms with E-state index < -0.39 is 0 Å². The fourth-order valence-electron chi connectivity index (χ4n) is 1.72. The summed E-state index contributed by atoms with van der Waals surface area (Å²) in [7, 11) is 0. The molecule has 0 aliphatic heterocycles. The number of halogens is 1. The lowest BCUT2D eigenvalue weighted by Gasteiger charge is -2.05. The average molecular weight is 229 g/mol. The zero-order valence-corrected chi connectivity index (χ0v) is 9.70. The molecule has 0 saturated carbocycles. The molecule has 0 saturated heterocycles. The summed E-state index contributed by atoms with van der Waals surface area (Å²) in [5.74, 6) is -0.458. The van der Waals surface area contributed by atoms with Gasteiger partial charge in [-0.25, -0.2) is 4.39 Å². The molecule has 0 amide bonds. The van der Waals surface area contributed by atoms with E-state index in [2.05, 4.69) is 4.98 Å². The Balaban J connectivity index is 2.44. The minimum absolute atomic E-state index is 0.126. The fourth-order valence-corrected chi connectivity index (χ4v) is 1.72. The molecular formula is C14H12FNO. The van der Waals surface area contributed by atoms with Gasteiger partial charge in [-0.3, -0.25) is 9.78 Å². The van der Waals surface area contributed by atoms with Crippen LogP contribution in [0.4, 0.5) is 4.39 Å². The normalized spacial score (nSPS) is 10.3. The number of rotatable bonds is 2. The molecule has 0 aliphatic rings. The molecule has 0 bridgehead atoms. The van der Waals surface area contributed by atoms with Gasteiger partial charge in [-0.15, -0.1) is 0 Å². The molecule has 2 nitrogen and oxygen atoms in total. The minimum Gasteiger partial charge on any atom is -0.289 e. The average Bonchev–Trinajstić information content (AvgIpc) is 2.28. The Kier molecular flexibility index (Phi) is 3.00. The number of benzene rings is 1. The van der Waals surface area contributed by atoms with Gasteiger partial charge >= 0.3 is 0 Å². The lowest BCUT2D eigenvalue weighted by molar-refractivity contribution is 0.103. The largest absolute Gasteiger partial charge is 0.289 e. The van der Waals surface area contributed by atoms with Crippen molar-refractivity contribution in [2.75, 3.05) is 0 Å². The summed E-state index contributed by atoms with van der Waals surface area (Å²) in [6.07, 6.45) is 3.21. The number of aryl methyl sites for hydroxylation is 2. The van der Waals surface area contributed by atoms with Crippen molar-refractivity contribution in [1.29, 1.82) is 0 Å². The second kappa shape index (κ2) is 4.45. The first-order chi connectivity index (χ1) is 8.08. The summed E-state index contributed by atoms with van der Waals surface area (Å²) in [4.78, 5) is 16.2. The number of carbonyl (C=O) groups excluding carboxylic acids is 1. The molecule has 1 aromatic carbocycles. The third-order valence-corrected chi connectivity index (χ3v) is 2.57. The first-order valence-electron chi connectivity index (χ1n) is 5.30. The van der Waals surface area contributed by atoms with E-state index >= 15 is 0 Å². The van der Waals surface area contributed by atoms with Gasteiger partial charge in [-0.1, -0.05) is 0 Å². The van der Waals surface area contributed by atoms with Crippen LogP contribution in [0.3, 0.4) is 0 Å². The molecule has 0 fully saturated rings. The van der Waals surface area contributed by atoms with Crippen LogP contribution in [0.15, 0.2) is 36.7 Å². The Hall–Kier alpha value is -2.03. The Bertz CT molecular complexity index is 578. The third kappa shape index (κ3) is 2.38. The van der Waals surface area contributed by atoms with Crippen molar-refractivity contribution in [3.8, 4) is 0 Å². The summed E-state index contributed by atoms with van der Waals surface area (Å²) >= 11 is 0. The van der Waals surface area contributed by atoms with E-state index in [0.29, 0.717) is 16.7 Å². The number of pyridine rings is 1. The molecule has 0 radical (unpaired) electrons. The molecule has 2 aromatic rings. The van der Waals surface area contributed by atoms with Crippen LogP contribution < -0.4 is 0 Å². The van der Waals surface area contributed by atoms with Crippen molar-refractivity contribution in [1.82, 2.24) is 4.98 Å². The molecule has 2 rings (SSSR count). The molecule has 3 heteroatoms. The molecule has 0 spiro atoms. The number of carbonyl (C=O) groups is 1. The van der Waals surface area contributed by atoms with Gasteiger partial charge < -0.3 is 0 Å². The van der Waals surface area contributed by atoms with Gasteiger partial charge in [0, 0.05) is 23.5 Å². The number of nitrogens with zero attached hydrogens (tertiary/aromatic N) is 1. The van der Waals surface area contributed by atoms with E-state index in [0.717, 1.165) is 5.56 Å².